The van der Waals surface area contributed by atoms with Crippen LogP contribution in [0.5, 0.6) is 0 Å². The Morgan fingerprint density at radius 3 is 2.38 bits per heavy atom. The zero-order valence-corrected chi connectivity index (χ0v) is 20.9. The highest BCUT2D eigenvalue weighted by Gasteiger charge is 2.10. The van der Waals surface area contributed by atoms with Gasteiger partial charge in [0, 0.05) is 39.0 Å². The number of fused-ring (bicyclic) bond motifs is 1. The lowest BCUT2D eigenvalue weighted by atomic mass is 10.1. The van der Waals surface area contributed by atoms with Gasteiger partial charge < -0.3 is 15.1 Å². The molecule has 2 amide bonds. The standard InChI is InChI=1S/C30H20Cl2N2O3/c31-21-10-15-25(26(32)18-21)28-16-13-23(37-28)14-17-29(35)33-22-11-8-20(9-12-22)30(36)34-27-7-3-5-19-4-1-2-6-24(19)27/h1-18H,(H,33,35)(H,34,36). The smallest absolute Gasteiger partial charge is 0.255 e. The summed E-state index contributed by atoms with van der Waals surface area (Å²) in [4.78, 5) is 25.1. The van der Waals surface area contributed by atoms with Crippen LogP contribution in [0.2, 0.25) is 10.0 Å². The molecule has 182 valence electrons. The molecule has 5 aromatic rings. The van der Waals surface area contributed by atoms with E-state index in [1.165, 1.54) is 6.08 Å². The summed E-state index contributed by atoms with van der Waals surface area (Å²) in [6.45, 7) is 0. The molecule has 37 heavy (non-hydrogen) atoms. The maximum atomic E-state index is 12.8. The molecule has 0 bridgehead atoms. The normalized spacial score (nSPS) is 11.1. The summed E-state index contributed by atoms with van der Waals surface area (Å²) in [7, 11) is 0. The number of amides is 2. The van der Waals surface area contributed by atoms with Gasteiger partial charge in [-0.25, -0.2) is 0 Å². The van der Waals surface area contributed by atoms with Crippen molar-refractivity contribution in [2.75, 3.05) is 10.6 Å². The first kappa shape index (κ1) is 24.4. The van der Waals surface area contributed by atoms with E-state index in [0.717, 1.165) is 16.5 Å². The van der Waals surface area contributed by atoms with Crippen molar-refractivity contribution in [3.05, 3.63) is 125 Å². The van der Waals surface area contributed by atoms with Gasteiger partial charge in [-0.15, -0.1) is 0 Å². The minimum Gasteiger partial charge on any atom is -0.457 e. The fraction of sp³-hybridized carbons (Fsp3) is 0. The first-order valence-corrected chi connectivity index (χ1v) is 12.2. The molecule has 0 saturated carbocycles. The first-order chi connectivity index (χ1) is 18.0. The molecule has 5 nitrogen and oxygen atoms in total. The van der Waals surface area contributed by atoms with Crippen LogP contribution in [0, 0.1) is 0 Å². The molecule has 0 aliphatic rings. The molecule has 0 aliphatic heterocycles. The predicted octanol–water partition coefficient (Wildman–Crippen LogP) is 8.31. The largest absolute Gasteiger partial charge is 0.457 e. The molecule has 0 fully saturated rings. The third-order valence-electron chi connectivity index (χ3n) is 5.67. The number of hydrogen-bond acceptors (Lipinski definition) is 3. The van der Waals surface area contributed by atoms with Crippen molar-refractivity contribution < 1.29 is 14.0 Å². The summed E-state index contributed by atoms with van der Waals surface area (Å²) >= 11 is 12.2. The average molecular weight is 527 g/mol. The molecule has 0 saturated heterocycles. The van der Waals surface area contributed by atoms with E-state index in [0.29, 0.717) is 38.4 Å². The minimum atomic E-state index is -0.338. The maximum Gasteiger partial charge on any atom is 0.255 e. The molecule has 1 heterocycles. The van der Waals surface area contributed by atoms with Gasteiger partial charge in [-0.3, -0.25) is 9.59 Å². The Kier molecular flexibility index (Phi) is 7.08. The van der Waals surface area contributed by atoms with E-state index in [2.05, 4.69) is 10.6 Å². The highest BCUT2D eigenvalue weighted by Crippen LogP contribution is 2.31. The Hall–Kier alpha value is -4.32. The van der Waals surface area contributed by atoms with Crippen LogP contribution in [0.15, 0.2) is 108 Å². The van der Waals surface area contributed by atoms with E-state index in [9.17, 15) is 9.59 Å². The van der Waals surface area contributed by atoms with Crippen LogP contribution < -0.4 is 10.6 Å². The number of carbonyl (C=O) groups excluding carboxylic acids is 2. The van der Waals surface area contributed by atoms with Crippen molar-refractivity contribution in [1.82, 2.24) is 0 Å². The van der Waals surface area contributed by atoms with Crippen LogP contribution in [-0.4, -0.2) is 11.8 Å². The van der Waals surface area contributed by atoms with Gasteiger partial charge in [-0.05, 0) is 72.1 Å². The van der Waals surface area contributed by atoms with Crippen LogP contribution in [0.25, 0.3) is 28.2 Å². The van der Waals surface area contributed by atoms with E-state index in [-0.39, 0.29) is 11.8 Å². The van der Waals surface area contributed by atoms with Crippen molar-refractivity contribution in [3.63, 3.8) is 0 Å². The van der Waals surface area contributed by atoms with Crippen LogP contribution in [0.4, 0.5) is 11.4 Å². The van der Waals surface area contributed by atoms with Crippen LogP contribution in [0.1, 0.15) is 16.1 Å². The van der Waals surface area contributed by atoms with Crippen molar-refractivity contribution >= 4 is 63.2 Å². The summed E-state index contributed by atoms with van der Waals surface area (Å²) in [5, 5.41) is 8.76. The zero-order valence-electron chi connectivity index (χ0n) is 19.4. The van der Waals surface area contributed by atoms with Gasteiger partial charge in [0.05, 0.1) is 5.02 Å². The molecule has 0 aliphatic carbocycles. The Labute approximate surface area is 223 Å². The fourth-order valence-electron chi connectivity index (χ4n) is 3.85. The topological polar surface area (TPSA) is 71.3 Å². The predicted molar refractivity (Wildman–Crippen MR) is 150 cm³/mol. The Balaban J connectivity index is 1.20. The summed E-state index contributed by atoms with van der Waals surface area (Å²) in [5.74, 6) is 0.495. The van der Waals surface area contributed by atoms with Gasteiger partial charge >= 0.3 is 0 Å². The van der Waals surface area contributed by atoms with Crippen LogP contribution >= 0.6 is 23.2 Å². The van der Waals surface area contributed by atoms with E-state index < -0.39 is 0 Å². The number of benzene rings is 4. The quantitative estimate of drug-likeness (QED) is 0.218. The van der Waals surface area contributed by atoms with Gasteiger partial charge in [0.2, 0.25) is 5.91 Å². The molecule has 1 aromatic heterocycles. The summed E-state index contributed by atoms with van der Waals surface area (Å²) in [5.41, 5.74) is 2.49. The lowest BCUT2D eigenvalue weighted by Crippen LogP contribution is -2.12. The molecule has 0 spiro atoms. The Bertz CT molecular complexity index is 1630. The molecule has 0 radical (unpaired) electrons. The second kappa shape index (κ2) is 10.7. The third-order valence-corrected chi connectivity index (χ3v) is 6.22. The number of anilines is 2. The number of hydrogen-bond donors (Lipinski definition) is 2. The second-order valence-corrected chi connectivity index (χ2v) is 9.05. The van der Waals surface area contributed by atoms with Crippen molar-refractivity contribution in [3.8, 4) is 11.3 Å². The molecular formula is C30H20Cl2N2O3. The second-order valence-electron chi connectivity index (χ2n) is 8.21. The van der Waals surface area contributed by atoms with Crippen molar-refractivity contribution in [2.45, 2.75) is 0 Å². The summed E-state index contributed by atoms with van der Waals surface area (Å²) < 4.78 is 5.77. The maximum absolute atomic E-state index is 12.8. The van der Waals surface area contributed by atoms with E-state index in [4.69, 9.17) is 27.6 Å². The first-order valence-electron chi connectivity index (χ1n) is 11.4. The van der Waals surface area contributed by atoms with E-state index >= 15 is 0 Å². The Morgan fingerprint density at radius 1 is 0.784 bits per heavy atom. The fourth-order valence-corrected chi connectivity index (χ4v) is 4.35. The molecule has 4 aromatic carbocycles. The third kappa shape index (κ3) is 5.75. The molecule has 0 atom stereocenters. The zero-order chi connectivity index (χ0) is 25.8. The van der Waals surface area contributed by atoms with Crippen molar-refractivity contribution in [1.29, 1.82) is 0 Å². The summed E-state index contributed by atoms with van der Waals surface area (Å²) in [6, 6.07) is 29.0. The van der Waals surface area contributed by atoms with Crippen LogP contribution in [0.3, 0.4) is 0 Å². The lowest BCUT2D eigenvalue weighted by Gasteiger charge is -2.09. The molecule has 2 N–H and O–H groups in total. The number of nitrogens with one attached hydrogen (secondary N) is 2. The van der Waals surface area contributed by atoms with Crippen molar-refractivity contribution in [2.24, 2.45) is 0 Å². The lowest BCUT2D eigenvalue weighted by molar-refractivity contribution is -0.111. The van der Waals surface area contributed by atoms with Gasteiger partial charge in [0.25, 0.3) is 5.91 Å². The van der Waals surface area contributed by atoms with Gasteiger partial charge in [-0.1, -0.05) is 59.6 Å². The average Bonchev–Trinajstić information content (AvgIpc) is 3.37. The molecule has 5 rings (SSSR count). The molecule has 7 heteroatoms. The number of rotatable bonds is 6. The highest BCUT2D eigenvalue weighted by molar-refractivity contribution is 6.36. The summed E-state index contributed by atoms with van der Waals surface area (Å²) in [6.07, 6.45) is 2.93. The van der Waals surface area contributed by atoms with E-state index in [1.807, 2.05) is 42.5 Å². The number of carbonyl (C=O) groups is 2. The number of halogens is 2. The minimum absolute atomic E-state index is 0.233. The van der Waals surface area contributed by atoms with Gasteiger partial charge in [-0.2, -0.15) is 0 Å². The van der Waals surface area contributed by atoms with Gasteiger partial charge in [0.1, 0.15) is 11.5 Å². The highest BCUT2D eigenvalue weighted by atomic mass is 35.5. The molecule has 0 unspecified atom stereocenters. The van der Waals surface area contributed by atoms with E-state index in [1.54, 1.807) is 60.7 Å². The van der Waals surface area contributed by atoms with Crippen LogP contribution in [-0.2, 0) is 4.79 Å². The Morgan fingerprint density at radius 2 is 1.57 bits per heavy atom. The van der Waals surface area contributed by atoms with Gasteiger partial charge in [0.15, 0.2) is 0 Å². The SMILES string of the molecule is O=C(C=Cc1ccc(-c2ccc(Cl)cc2Cl)o1)Nc1ccc(C(=O)Nc2cccc3ccccc23)cc1. The monoisotopic (exact) mass is 526 g/mol. The number of furan rings is 1. The molecular weight excluding hydrogens is 507 g/mol.